The summed E-state index contributed by atoms with van der Waals surface area (Å²) in [6.45, 7) is 0. The van der Waals surface area contributed by atoms with Crippen LogP contribution in [0.1, 0.15) is 17.4 Å². The third kappa shape index (κ3) is 3.09. The van der Waals surface area contributed by atoms with E-state index in [4.69, 9.17) is 16.0 Å². The molecule has 1 heterocycles. The first-order valence-corrected chi connectivity index (χ1v) is 6.10. The Morgan fingerprint density at radius 3 is 2.71 bits per heavy atom. The number of benzene rings is 1. The van der Waals surface area contributed by atoms with Gasteiger partial charge in [-0.1, -0.05) is 22.0 Å². The van der Waals surface area contributed by atoms with Gasteiger partial charge in [0.15, 0.2) is 5.22 Å². The third-order valence-corrected chi connectivity index (χ3v) is 3.29. The van der Waals surface area contributed by atoms with Crippen molar-refractivity contribution in [2.24, 2.45) is 0 Å². The smallest absolute Gasteiger partial charge is 0.193 e. The maximum absolute atomic E-state index is 12.9. The molecule has 1 aromatic heterocycles. The van der Waals surface area contributed by atoms with Crippen LogP contribution in [0.3, 0.4) is 0 Å². The molecular weight excluding hydrogens is 310 g/mol. The molecule has 0 fully saturated rings. The molecule has 0 bridgehead atoms. The van der Waals surface area contributed by atoms with Crippen molar-refractivity contribution in [2.75, 3.05) is 0 Å². The molecule has 0 aliphatic rings. The van der Waals surface area contributed by atoms with Crippen molar-refractivity contribution in [3.05, 3.63) is 57.2 Å². The Labute approximate surface area is 111 Å². The van der Waals surface area contributed by atoms with Crippen molar-refractivity contribution in [3.8, 4) is 0 Å². The predicted octanol–water partition coefficient (Wildman–Crippen LogP) is 4.11. The molecule has 0 radical (unpaired) electrons. The van der Waals surface area contributed by atoms with Gasteiger partial charge in [0.25, 0.3) is 0 Å². The van der Waals surface area contributed by atoms with Gasteiger partial charge in [-0.05, 0) is 41.4 Å². The van der Waals surface area contributed by atoms with Crippen LogP contribution in [-0.4, -0.2) is 5.11 Å². The molecule has 17 heavy (non-hydrogen) atoms. The number of rotatable bonds is 3. The van der Waals surface area contributed by atoms with Gasteiger partial charge < -0.3 is 9.52 Å². The zero-order chi connectivity index (χ0) is 12.4. The Morgan fingerprint density at radius 2 is 2.12 bits per heavy atom. The maximum Gasteiger partial charge on any atom is 0.193 e. The normalized spacial score (nSPS) is 12.7. The number of aliphatic hydroxyl groups excluding tert-OH is 1. The zero-order valence-electron chi connectivity index (χ0n) is 8.66. The van der Waals surface area contributed by atoms with Gasteiger partial charge in [0, 0.05) is 10.9 Å². The highest BCUT2D eigenvalue weighted by Crippen LogP contribution is 2.26. The van der Waals surface area contributed by atoms with E-state index in [0.717, 1.165) is 5.56 Å². The highest BCUT2D eigenvalue weighted by atomic mass is 79.9. The van der Waals surface area contributed by atoms with Crippen LogP contribution in [0.5, 0.6) is 0 Å². The SMILES string of the molecule is OC(Cc1ccc(F)cc1Br)c1ccc(Cl)o1. The van der Waals surface area contributed by atoms with Crippen LogP contribution in [0, 0.1) is 5.82 Å². The number of halogens is 3. The van der Waals surface area contributed by atoms with E-state index in [1.165, 1.54) is 12.1 Å². The van der Waals surface area contributed by atoms with Crippen molar-refractivity contribution in [1.29, 1.82) is 0 Å². The van der Waals surface area contributed by atoms with Crippen LogP contribution in [0.25, 0.3) is 0 Å². The largest absolute Gasteiger partial charge is 0.447 e. The predicted molar refractivity (Wildman–Crippen MR) is 66.5 cm³/mol. The van der Waals surface area contributed by atoms with Gasteiger partial charge in [-0.2, -0.15) is 0 Å². The summed E-state index contributed by atoms with van der Waals surface area (Å²) in [5.74, 6) is 0.0717. The maximum atomic E-state index is 12.9. The summed E-state index contributed by atoms with van der Waals surface area (Å²) in [6.07, 6.45) is -0.477. The standard InChI is InChI=1S/C12H9BrClFO2/c13-9-6-8(15)2-1-7(9)5-10(16)11-3-4-12(14)17-11/h1-4,6,10,16H,5H2. The van der Waals surface area contributed by atoms with E-state index in [2.05, 4.69) is 15.9 Å². The first-order chi connectivity index (χ1) is 8.06. The molecule has 0 aliphatic heterocycles. The molecule has 5 heteroatoms. The van der Waals surface area contributed by atoms with Crippen molar-refractivity contribution in [1.82, 2.24) is 0 Å². The summed E-state index contributed by atoms with van der Waals surface area (Å²) < 4.78 is 18.6. The molecule has 2 rings (SSSR count). The summed E-state index contributed by atoms with van der Waals surface area (Å²) >= 11 is 8.87. The molecule has 0 amide bonds. The third-order valence-electron chi connectivity index (χ3n) is 2.35. The van der Waals surface area contributed by atoms with Gasteiger partial charge in [-0.25, -0.2) is 4.39 Å². The number of hydrogen-bond donors (Lipinski definition) is 1. The van der Waals surface area contributed by atoms with E-state index < -0.39 is 6.10 Å². The molecule has 90 valence electrons. The Balaban J connectivity index is 2.15. The minimum absolute atomic E-state index is 0.234. The van der Waals surface area contributed by atoms with Crippen molar-refractivity contribution in [2.45, 2.75) is 12.5 Å². The molecule has 1 unspecified atom stereocenters. The number of hydrogen-bond acceptors (Lipinski definition) is 2. The van der Waals surface area contributed by atoms with Crippen LogP contribution in [0.4, 0.5) is 4.39 Å². The number of aliphatic hydroxyl groups is 1. The van der Waals surface area contributed by atoms with Gasteiger partial charge in [0.05, 0.1) is 0 Å². The lowest BCUT2D eigenvalue weighted by Gasteiger charge is -2.09. The minimum Gasteiger partial charge on any atom is -0.447 e. The fraction of sp³-hybridized carbons (Fsp3) is 0.167. The van der Waals surface area contributed by atoms with E-state index >= 15 is 0 Å². The summed E-state index contributed by atoms with van der Waals surface area (Å²) in [6, 6.07) is 7.51. The summed E-state index contributed by atoms with van der Waals surface area (Å²) in [7, 11) is 0. The van der Waals surface area contributed by atoms with Crippen molar-refractivity contribution < 1.29 is 13.9 Å². The average Bonchev–Trinajstić information content (AvgIpc) is 2.69. The quantitative estimate of drug-likeness (QED) is 0.923. The topological polar surface area (TPSA) is 33.4 Å². The zero-order valence-corrected chi connectivity index (χ0v) is 11.0. The highest BCUT2D eigenvalue weighted by Gasteiger charge is 2.14. The van der Waals surface area contributed by atoms with E-state index in [0.29, 0.717) is 16.7 Å². The molecule has 1 atom stereocenters. The van der Waals surface area contributed by atoms with Gasteiger partial charge in [0.2, 0.25) is 0 Å². The fourth-order valence-electron chi connectivity index (χ4n) is 1.50. The van der Waals surface area contributed by atoms with Crippen molar-refractivity contribution >= 4 is 27.5 Å². The minimum atomic E-state index is -0.802. The van der Waals surface area contributed by atoms with Crippen LogP contribution >= 0.6 is 27.5 Å². The summed E-state index contributed by atoms with van der Waals surface area (Å²) in [5.41, 5.74) is 0.798. The van der Waals surface area contributed by atoms with Gasteiger partial charge >= 0.3 is 0 Å². The highest BCUT2D eigenvalue weighted by molar-refractivity contribution is 9.10. The van der Waals surface area contributed by atoms with Crippen molar-refractivity contribution in [3.63, 3.8) is 0 Å². The first kappa shape index (κ1) is 12.6. The van der Waals surface area contributed by atoms with Gasteiger partial charge in [-0.3, -0.25) is 0 Å². The lowest BCUT2D eigenvalue weighted by molar-refractivity contribution is 0.150. The second-order valence-corrected chi connectivity index (χ2v) is 4.82. The molecule has 2 nitrogen and oxygen atoms in total. The molecule has 0 aliphatic carbocycles. The molecule has 0 saturated heterocycles. The van der Waals surface area contributed by atoms with Crippen LogP contribution in [0.2, 0.25) is 5.22 Å². The lowest BCUT2D eigenvalue weighted by atomic mass is 10.1. The number of furan rings is 1. The van der Waals surface area contributed by atoms with E-state index in [1.54, 1.807) is 18.2 Å². The van der Waals surface area contributed by atoms with E-state index in [-0.39, 0.29) is 11.0 Å². The van der Waals surface area contributed by atoms with Gasteiger partial charge in [-0.15, -0.1) is 0 Å². The van der Waals surface area contributed by atoms with Crippen LogP contribution in [-0.2, 0) is 6.42 Å². The van der Waals surface area contributed by atoms with Crippen LogP contribution in [0.15, 0.2) is 39.2 Å². The summed E-state index contributed by atoms with van der Waals surface area (Å²) in [5, 5.41) is 10.1. The van der Waals surface area contributed by atoms with E-state index in [9.17, 15) is 9.50 Å². The lowest BCUT2D eigenvalue weighted by Crippen LogP contribution is -2.01. The molecule has 0 saturated carbocycles. The monoisotopic (exact) mass is 318 g/mol. The molecule has 1 N–H and O–H groups in total. The molecule has 1 aromatic carbocycles. The Bertz CT molecular complexity index is 527. The second-order valence-electron chi connectivity index (χ2n) is 3.60. The van der Waals surface area contributed by atoms with E-state index in [1.807, 2.05) is 0 Å². The molecule has 0 spiro atoms. The van der Waals surface area contributed by atoms with Crippen LogP contribution < -0.4 is 0 Å². The first-order valence-electron chi connectivity index (χ1n) is 4.93. The summed E-state index contributed by atoms with van der Waals surface area (Å²) in [4.78, 5) is 0. The fourth-order valence-corrected chi connectivity index (χ4v) is 2.17. The Kier molecular flexibility index (Phi) is 3.86. The van der Waals surface area contributed by atoms with Gasteiger partial charge in [0.1, 0.15) is 17.7 Å². The second kappa shape index (κ2) is 5.21. The molecular formula is C12H9BrClFO2. The average molecular weight is 320 g/mol. The Morgan fingerprint density at radius 1 is 1.35 bits per heavy atom. The Hall–Kier alpha value is -0.840. The molecule has 2 aromatic rings.